The molecule has 0 amide bonds. The van der Waals surface area contributed by atoms with E-state index in [0.717, 1.165) is 18.1 Å². The van der Waals surface area contributed by atoms with E-state index in [4.69, 9.17) is 16.3 Å². The van der Waals surface area contributed by atoms with Gasteiger partial charge in [0.1, 0.15) is 5.75 Å². The maximum atomic E-state index is 6.44. The van der Waals surface area contributed by atoms with E-state index in [2.05, 4.69) is 12.1 Å². The van der Waals surface area contributed by atoms with Gasteiger partial charge in [0.25, 0.3) is 0 Å². The Labute approximate surface area is 109 Å². The first-order valence-corrected chi connectivity index (χ1v) is 7.01. The Hall–Kier alpha value is -0.690. The summed E-state index contributed by atoms with van der Waals surface area (Å²) in [6.07, 6.45) is 8.03. The Bertz CT molecular complexity index is 327. The smallest absolute Gasteiger partial charge is 0.118 e. The fraction of sp³-hybridized carbons (Fsp3) is 0.600. The molecule has 1 aliphatic rings. The number of ether oxygens (including phenoxy) is 1. The van der Waals surface area contributed by atoms with Crippen LogP contribution in [0.25, 0.3) is 0 Å². The maximum Gasteiger partial charge on any atom is 0.118 e. The van der Waals surface area contributed by atoms with Gasteiger partial charge in [-0.25, -0.2) is 0 Å². The van der Waals surface area contributed by atoms with Crippen LogP contribution in [0.5, 0.6) is 5.75 Å². The average molecular weight is 253 g/mol. The Balaban J connectivity index is 1.83. The zero-order chi connectivity index (χ0) is 12.1. The first kappa shape index (κ1) is 12.8. The molecular formula is C15H21ClO. The molecule has 1 aromatic carbocycles. The van der Waals surface area contributed by atoms with Crippen molar-refractivity contribution in [1.29, 1.82) is 0 Å². The number of benzene rings is 1. The SMILES string of the molecule is COc1ccc(C(Cl)CCC2CCCC2)cc1. The molecule has 0 radical (unpaired) electrons. The highest BCUT2D eigenvalue weighted by molar-refractivity contribution is 6.20. The predicted molar refractivity (Wildman–Crippen MR) is 72.8 cm³/mol. The lowest BCUT2D eigenvalue weighted by atomic mass is 9.98. The van der Waals surface area contributed by atoms with Crippen molar-refractivity contribution in [3.63, 3.8) is 0 Å². The minimum absolute atomic E-state index is 0.154. The molecule has 0 bridgehead atoms. The Kier molecular flexibility index (Phi) is 4.73. The maximum absolute atomic E-state index is 6.44. The number of alkyl halides is 1. The van der Waals surface area contributed by atoms with Gasteiger partial charge < -0.3 is 4.74 Å². The summed E-state index contributed by atoms with van der Waals surface area (Å²) >= 11 is 6.44. The zero-order valence-electron chi connectivity index (χ0n) is 10.5. The largest absolute Gasteiger partial charge is 0.497 e. The summed E-state index contributed by atoms with van der Waals surface area (Å²) in [5, 5.41) is 0.154. The van der Waals surface area contributed by atoms with Gasteiger partial charge in [-0.1, -0.05) is 37.8 Å². The molecule has 2 rings (SSSR count). The molecule has 0 saturated heterocycles. The summed E-state index contributed by atoms with van der Waals surface area (Å²) < 4.78 is 5.15. The molecule has 0 heterocycles. The van der Waals surface area contributed by atoms with E-state index in [0.29, 0.717) is 0 Å². The monoisotopic (exact) mass is 252 g/mol. The fourth-order valence-electron chi connectivity index (χ4n) is 2.66. The summed E-state index contributed by atoms with van der Waals surface area (Å²) in [5.74, 6) is 1.82. The Morgan fingerprint density at radius 3 is 2.47 bits per heavy atom. The van der Waals surface area contributed by atoms with Crippen LogP contribution in [-0.4, -0.2) is 7.11 Å². The first-order chi connectivity index (χ1) is 8.29. The lowest BCUT2D eigenvalue weighted by Crippen LogP contribution is -1.97. The molecule has 0 spiro atoms. The van der Waals surface area contributed by atoms with Crippen LogP contribution in [0.3, 0.4) is 0 Å². The molecule has 1 unspecified atom stereocenters. The molecule has 94 valence electrons. The number of hydrogen-bond acceptors (Lipinski definition) is 1. The summed E-state index contributed by atoms with van der Waals surface area (Å²) in [4.78, 5) is 0. The van der Waals surface area contributed by atoms with Crippen LogP contribution in [0, 0.1) is 5.92 Å². The quantitative estimate of drug-likeness (QED) is 0.674. The lowest BCUT2D eigenvalue weighted by Gasteiger charge is -2.13. The van der Waals surface area contributed by atoms with Gasteiger partial charge in [-0.2, -0.15) is 0 Å². The molecule has 0 aliphatic heterocycles. The van der Waals surface area contributed by atoms with Crippen molar-refractivity contribution in [3.05, 3.63) is 29.8 Å². The van der Waals surface area contributed by atoms with Gasteiger partial charge in [-0.05, 0) is 36.5 Å². The molecule has 1 aromatic rings. The van der Waals surface area contributed by atoms with Crippen molar-refractivity contribution in [2.45, 2.75) is 43.9 Å². The summed E-state index contributed by atoms with van der Waals surface area (Å²) in [6.45, 7) is 0. The normalized spacial score (nSPS) is 18.2. The van der Waals surface area contributed by atoms with E-state index in [9.17, 15) is 0 Å². The van der Waals surface area contributed by atoms with Gasteiger partial charge >= 0.3 is 0 Å². The zero-order valence-corrected chi connectivity index (χ0v) is 11.2. The molecule has 17 heavy (non-hydrogen) atoms. The minimum atomic E-state index is 0.154. The van der Waals surface area contributed by atoms with Crippen molar-refractivity contribution in [3.8, 4) is 5.75 Å². The van der Waals surface area contributed by atoms with Crippen LogP contribution in [-0.2, 0) is 0 Å². The fourth-order valence-corrected chi connectivity index (χ4v) is 2.93. The average Bonchev–Trinajstić information content (AvgIpc) is 2.89. The van der Waals surface area contributed by atoms with Crippen LogP contribution < -0.4 is 4.74 Å². The molecule has 2 heteroatoms. The van der Waals surface area contributed by atoms with Crippen molar-refractivity contribution in [2.24, 2.45) is 5.92 Å². The van der Waals surface area contributed by atoms with E-state index < -0.39 is 0 Å². The van der Waals surface area contributed by atoms with E-state index in [1.54, 1.807) is 7.11 Å². The van der Waals surface area contributed by atoms with Crippen molar-refractivity contribution in [1.82, 2.24) is 0 Å². The van der Waals surface area contributed by atoms with Crippen LogP contribution in [0.1, 0.15) is 49.5 Å². The number of hydrogen-bond donors (Lipinski definition) is 0. The molecule has 1 atom stereocenters. The molecule has 0 N–H and O–H groups in total. The van der Waals surface area contributed by atoms with E-state index in [-0.39, 0.29) is 5.38 Å². The Morgan fingerprint density at radius 2 is 1.88 bits per heavy atom. The van der Waals surface area contributed by atoms with Gasteiger partial charge in [0, 0.05) is 0 Å². The molecule has 0 aromatic heterocycles. The van der Waals surface area contributed by atoms with E-state index in [1.165, 1.54) is 37.7 Å². The molecule has 1 aliphatic carbocycles. The first-order valence-electron chi connectivity index (χ1n) is 6.57. The highest BCUT2D eigenvalue weighted by atomic mass is 35.5. The van der Waals surface area contributed by atoms with Crippen molar-refractivity contribution in [2.75, 3.05) is 7.11 Å². The Morgan fingerprint density at radius 1 is 1.24 bits per heavy atom. The second-order valence-electron chi connectivity index (χ2n) is 4.97. The van der Waals surface area contributed by atoms with Crippen LogP contribution in [0.2, 0.25) is 0 Å². The van der Waals surface area contributed by atoms with Gasteiger partial charge in [-0.3, -0.25) is 0 Å². The second-order valence-corrected chi connectivity index (χ2v) is 5.50. The van der Waals surface area contributed by atoms with E-state index >= 15 is 0 Å². The topological polar surface area (TPSA) is 9.23 Å². The van der Waals surface area contributed by atoms with Crippen LogP contribution in [0.4, 0.5) is 0 Å². The van der Waals surface area contributed by atoms with Crippen molar-refractivity contribution >= 4 is 11.6 Å². The highest BCUT2D eigenvalue weighted by Crippen LogP contribution is 2.34. The standard InChI is InChI=1S/C15H21ClO/c1-17-14-9-7-13(8-10-14)15(16)11-6-12-4-2-3-5-12/h7-10,12,15H,2-6,11H2,1H3. The molecular weight excluding hydrogens is 232 g/mol. The van der Waals surface area contributed by atoms with Gasteiger partial charge in [0.2, 0.25) is 0 Å². The van der Waals surface area contributed by atoms with Crippen molar-refractivity contribution < 1.29 is 4.74 Å². The van der Waals surface area contributed by atoms with Gasteiger partial charge in [0.15, 0.2) is 0 Å². The van der Waals surface area contributed by atoms with Gasteiger partial charge in [-0.15, -0.1) is 11.6 Å². The second kappa shape index (κ2) is 6.30. The van der Waals surface area contributed by atoms with Crippen LogP contribution in [0.15, 0.2) is 24.3 Å². The highest BCUT2D eigenvalue weighted by Gasteiger charge is 2.17. The third-order valence-electron chi connectivity index (χ3n) is 3.78. The summed E-state index contributed by atoms with van der Waals surface area (Å²) in [7, 11) is 1.69. The molecule has 1 fully saturated rings. The molecule has 1 nitrogen and oxygen atoms in total. The molecule has 1 saturated carbocycles. The third-order valence-corrected chi connectivity index (χ3v) is 4.25. The lowest BCUT2D eigenvalue weighted by molar-refractivity contribution is 0.414. The minimum Gasteiger partial charge on any atom is -0.497 e. The summed E-state index contributed by atoms with van der Waals surface area (Å²) in [6, 6.07) is 8.12. The number of rotatable bonds is 5. The summed E-state index contributed by atoms with van der Waals surface area (Å²) in [5.41, 5.74) is 1.21. The van der Waals surface area contributed by atoms with Gasteiger partial charge in [0.05, 0.1) is 12.5 Å². The predicted octanol–water partition coefficient (Wildman–Crippen LogP) is 4.95. The van der Waals surface area contributed by atoms with E-state index in [1.807, 2.05) is 12.1 Å². The van der Waals surface area contributed by atoms with Crippen LogP contribution >= 0.6 is 11.6 Å². The number of halogens is 1. The third kappa shape index (κ3) is 3.64. The number of methoxy groups -OCH3 is 1.